The van der Waals surface area contributed by atoms with Crippen molar-refractivity contribution in [3.05, 3.63) is 0 Å². The van der Waals surface area contributed by atoms with Gasteiger partial charge in [0.15, 0.2) is 0 Å². The zero-order valence-corrected chi connectivity index (χ0v) is 10.2. The fourth-order valence-electron chi connectivity index (χ4n) is 1.78. The topological polar surface area (TPSA) is 46.6 Å². The molecule has 0 aromatic carbocycles. The molecule has 0 aromatic rings. The first-order chi connectivity index (χ1) is 7.63. The Morgan fingerprint density at radius 2 is 2.00 bits per heavy atom. The highest BCUT2D eigenvalue weighted by Crippen LogP contribution is 2.29. The van der Waals surface area contributed by atoms with Crippen molar-refractivity contribution in [2.75, 3.05) is 20.7 Å². The lowest BCUT2D eigenvalue weighted by Gasteiger charge is -2.27. The van der Waals surface area contributed by atoms with Gasteiger partial charge in [0.1, 0.15) is 0 Å². The van der Waals surface area contributed by atoms with Gasteiger partial charge in [-0.05, 0) is 12.3 Å². The monoisotopic (exact) mass is 227 g/mol. The van der Waals surface area contributed by atoms with E-state index in [4.69, 9.17) is 0 Å². The summed E-state index contributed by atoms with van der Waals surface area (Å²) in [4.78, 5) is 24.2. The predicted molar refractivity (Wildman–Crippen MR) is 60.8 cm³/mol. The second-order valence-electron chi connectivity index (χ2n) is 4.48. The van der Waals surface area contributed by atoms with E-state index in [-0.39, 0.29) is 24.7 Å². The average Bonchev–Trinajstić information content (AvgIpc) is 2.22. The molecule has 1 saturated carbocycles. The van der Waals surface area contributed by atoms with E-state index in [1.807, 2.05) is 0 Å². The summed E-state index contributed by atoms with van der Waals surface area (Å²) in [6.07, 6.45) is 5.50. The van der Waals surface area contributed by atoms with Gasteiger partial charge in [-0.2, -0.15) is 0 Å². The van der Waals surface area contributed by atoms with Crippen LogP contribution >= 0.6 is 0 Å². The van der Waals surface area contributed by atoms with Crippen LogP contribution in [0.25, 0.3) is 0 Å². The summed E-state index contributed by atoms with van der Waals surface area (Å²) in [7, 11) is 3.14. The maximum Gasteiger partial charge on any atom is 0.306 e. The molecule has 4 heteroatoms. The third-order valence-corrected chi connectivity index (χ3v) is 3.29. The number of ether oxygens (including phenoxy) is 1. The Hall–Kier alpha value is -1.06. The first kappa shape index (κ1) is 13.0. The molecule has 0 heterocycles. The molecule has 0 N–H and O–H groups in total. The Morgan fingerprint density at radius 1 is 1.31 bits per heavy atom. The molecule has 0 aromatic heterocycles. The molecule has 92 valence electrons. The van der Waals surface area contributed by atoms with Crippen LogP contribution in [-0.4, -0.2) is 37.5 Å². The molecule has 1 fully saturated rings. The lowest BCUT2D eigenvalue weighted by atomic mass is 9.83. The normalized spacial score (nSPS) is 15.4. The van der Waals surface area contributed by atoms with Crippen molar-refractivity contribution in [1.29, 1.82) is 0 Å². The van der Waals surface area contributed by atoms with Gasteiger partial charge >= 0.3 is 5.97 Å². The van der Waals surface area contributed by atoms with Crippen LogP contribution < -0.4 is 0 Å². The third-order valence-electron chi connectivity index (χ3n) is 3.29. The van der Waals surface area contributed by atoms with Gasteiger partial charge in [0.2, 0.25) is 5.91 Å². The molecule has 1 amide bonds. The van der Waals surface area contributed by atoms with Gasteiger partial charge in [-0.3, -0.25) is 9.59 Å². The first-order valence-electron chi connectivity index (χ1n) is 5.94. The highest BCUT2D eigenvalue weighted by molar-refractivity contribution is 5.81. The number of hydrogen-bond donors (Lipinski definition) is 0. The van der Waals surface area contributed by atoms with Crippen molar-refractivity contribution in [3.8, 4) is 0 Å². The number of nitrogens with zero attached hydrogens (tertiary/aromatic N) is 1. The first-order valence-corrected chi connectivity index (χ1v) is 5.94. The molecular formula is C12H21NO3. The van der Waals surface area contributed by atoms with E-state index >= 15 is 0 Å². The van der Waals surface area contributed by atoms with Crippen LogP contribution in [0, 0.1) is 5.92 Å². The van der Waals surface area contributed by atoms with Gasteiger partial charge in [0, 0.05) is 20.0 Å². The third kappa shape index (κ3) is 4.21. The molecule has 0 radical (unpaired) electrons. The minimum absolute atomic E-state index is 0.0322. The zero-order chi connectivity index (χ0) is 12.0. The van der Waals surface area contributed by atoms with E-state index in [0.717, 1.165) is 18.9 Å². The quantitative estimate of drug-likeness (QED) is 0.647. The molecule has 0 saturated heterocycles. The number of carbonyl (C=O) groups excluding carboxylic acids is 2. The van der Waals surface area contributed by atoms with E-state index < -0.39 is 0 Å². The molecule has 0 spiro atoms. The zero-order valence-electron chi connectivity index (χ0n) is 10.2. The molecule has 1 aliphatic rings. The minimum Gasteiger partial charge on any atom is -0.469 e. The fraction of sp³-hybridized carbons (Fsp3) is 0.833. The Kier molecular flexibility index (Phi) is 5.29. The molecule has 0 bridgehead atoms. The standard InChI is InChI=1S/C12H21NO3/c1-13(9-8-10-4-3-5-10)11(14)6-7-12(15)16-2/h10H,3-9H2,1-2H3. The Labute approximate surface area is 96.9 Å². The van der Waals surface area contributed by atoms with Crippen LogP contribution in [0.2, 0.25) is 0 Å². The van der Waals surface area contributed by atoms with Crippen LogP contribution in [0.3, 0.4) is 0 Å². The van der Waals surface area contributed by atoms with Gasteiger partial charge in [-0.1, -0.05) is 19.3 Å². The van der Waals surface area contributed by atoms with Crippen molar-refractivity contribution in [2.45, 2.75) is 38.5 Å². The van der Waals surface area contributed by atoms with E-state index in [9.17, 15) is 9.59 Å². The lowest BCUT2D eigenvalue weighted by molar-refractivity contribution is -0.143. The maximum atomic E-state index is 11.6. The summed E-state index contributed by atoms with van der Waals surface area (Å²) in [6.45, 7) is 0.810. The van der Waals surface area contributed by atoms with Crippen molar-refractivity contribution in [1.82, 2.24) is 4.90 Å². The number of amides is 1. The van der Waals surface area contributed by atoms with Crippen LogP contribution in [0.5, 0.6) is 0 Å². The molecule has 0 atom stereocenters. The highest BCUT2D eigenvalue weighted by atomic mass is 16.5. The summed E-state index contributed by atoms with van der Waals surface area (Å²) >= 11 is 0. The molecule has 16 heavy (non-hydrogen) atoms. The van der Waals surface area contributed by atoms with Crippen molar-refractivity contribution in [2.24, 2.45) is 5.92 Å². The summed E-state index contributed by atoms with van der Waals surface area (Å²) in [5.74, 6) is 0.529. The van der Waals surface area contributed by atoms with Crippen LogP contribution in [-0.2, 0) is 14.3 Å². The van der Waals surface area contributed by atoms with Gasteiger partial charge < -0.3 is 9.64 Å². The number of hydrogen-bond acceptors (Lipinski definition) is 3. The predicted octanol–water partition coefficient (Wildman–Crippen LogP) is 1.59. The molecular weight excluding hydrogens is 206 g/mol. The Balaban J connectivity index is 2.11. The fourth-order valence-corrected chi connectivity index (χ4v) is 1.78. The SMILES string of the molecule is COC(=O)CCC(=O)N(C)CCC1CCC1. The number of carbonyl (C=O) groups is 2. The Bertz CT molecular complexity index is 249. The second-order valence-corrected chi connectivity index (χ2v) is 4.48. The molecule has 0 aliphatic heterocycles. The van der Waals surface area contributed by atoms with Gasteiger partial charge in [0.05, 0.1) is 13.5 Å². The number of rotatable bonds is 6. The van der Waals surface area contributed by atoms with Crippen molar-refractivity contribution in [3.63, 3.8) is 0 Å². The van der Waals surface area contributed by atoms with E-state index in [2.05, 4.69) is 4.74 Å². The van der Waals surface area contributed by atoms with Crippen LogP contribution in [0.4, 0.5) is 0 Å². The highest BCUT2D eigenvalue weighted by Gasteiger charge is 2.19. The summed E-state index contributed by atoms with van der Waals surface area (Å²) in [5, 5.41) is 0. The molecule has 1 aliphatic carbocycles. The van der Waals surface area contributed by atoms with Crippen LogP contribution in [0.15, 0.2) is 0 Å². The minimum atomic E-state index is -0.319. The largest absolute Gasteiger partial charge is 0.469 e. The summed E-state index contributed by atoms with van der Waals surface area (Å²) < 4.78 is 4.50. The smallest absolute Gasteiger partial charge is 0.306 e. The molecule has 0 unspecified atom stereocenters. The Morgan fingerprint density at radius 3 is 2.50 bits per heavy atom. The van der Waals surface area contributed by atoms with Crippen molar-refractivity contribution < 1.29 is 14.3 Å². The summed E-state index contributed by atoms with van der Waals surface area (Å²) in [5.41, 5.74) is 0. The molecule has 1 rings (SSSR count). The maximum absolute atomic E-state index is 11.6. The molecule has 4 nitrogen and oxygen atoms in total. The van der Waals surface area contributed by atoms with Gasteiger partial charge in [0.25, 0.3) is 0 Å². The van der Waals surface area contributed by atoms with Crippen LogP contribution in [0.1, 0.15) is 38.5 Å². The van der Waals surface area contributed by atoms with Gasteiger partial charge in [-0.15, -0.1) is 0 Å². The summed E-state index contributed by atoms with van der Waals surface area (Å²) in [6, 6.07) is 0. The number of esters is 1. The second kappa shape index (κ2) is 6.51. The lowest BCUT2D eigenvalue weighted by Crippen LogP contribution is -2.30. The number of methoxy groups -OCH3 is 1. The van der Waals surface area contributed by atoms with Gasteiger partial charge in [-0.25, -0.2) is 0 Å². The van der Waals surface area contributed by atoms with Crippen molar-refractivity contribution >= 4 is 11.9 Å². The van der Waals surface area contributed by atoms with E-state index in [1.165, 1.54) is 26.4 Å². The van der Waals surface area contributed by atoms with E-state index in [0.29, 0.717) is 0 Å². The van der Waals surface area contributed by atoms with E-state index in [1.54, 1.807) is 11.9 Å². The average molecular weight is 227 g/mol.